The molecule has 0 atom stereocenters. The summed E-state index contributed by atoms with van der Waals surface area (Å²) in [6.45, 7) is 0. The average molecular weight is 464 g/mol. The number of ketones is 1. The van der Waals surface area contributed by atoms with E-state index in [1.807, 2.05) is 0 Å². The molecule has 2 rings (SSSR count). The van der Waals surface area contributed by atoms with Crippen molar-refractivity contribution in [2.75, 3.05) is 34.2 Å². The van der Waals surface area contributed by atoms with E-state index in [9.17, 15) is 23.4 Å². The monoisotopic (exact) mass is 464 g/mol. The van der Waals surface area contributed by atoms with Gasteiger partial charge in [-0.25, -0.2) is 8.42 Å². The molecule has 2 aromatic carbocycles. The molecule has 9 nitrogen and oxygen atoms in total. The van der Waals surface area contributed by atoms with Crippen LogP contribution in [-0.4, -0.2) is 58.6 Å². The van der Waals surface area contributed by atoms with Crippen LogP contribution in [0.2, 0.25) is 0 Å². The molecule has 172 valence electrons. The number of carbonyl (C=O) groups excluding carboxylic acids is 1. The summed E-state index contributed by atoms with van der Waals surface area (Å²) < 4.78 is 45.5. The molecule has 0 fully saturated rings. The van der Waals surface area contributed by atoms with Gasteiger partial charge < -0.3 is 29.2 Å². The van der Waals surface area contributed by atoms with Crippen LogP contribution in [0.4, 0.5) is 0 Å². The van der Waals surface area contributed by atoms with Crippen molar-refractivity contribution in [3.8, 4) is 34.5 Å². The van der Waals surface area contributed by atoms with Crippen molar-refractivity contribution in [3.05, 3.63) is 46.9 Å². The molecular formula is C22H24O9S. The third-order valence-electron chi connectivity index (χ3n) is 4.28. The molecule has 0 radical (unpaired) electrons. The molecule has 0 spiro atoms. The summed E-state index contributed by atoms with van der Waals surface area (Å²) in [6.07, 6.45) is 3.67. The Morgan fingerprint density at radius 1 is 0.781 bits per heavy atom. The van der Waals surface area contributed by atoms with Crippen LogP contribution >= 0.6 is 0 Å². The molecule has 32 heavy (non-hydrogen) atoms. The van der Waals surface area contributed by atoms with Crippen molar-refractivity contribution < 1.29 is 42.4 Å². The van der Waals surface area contributed by atoms with E-state index in [4.69, 9.17) is 18.9 Å². The lowest BCUT2D eigenvalue weighted by Gasteiger charge is -2.11. The highest BCUT2D eigenvalue weighted by Crippen LogP contribution is 2.35. The Morgan fingerprint density at radius 2 is 1.16 bits per heavy atom. The fourth-order valence-electron chi connectivity index (χ4n) is 2.82. The maximum atomic E-state index is 12.4. The van der Waals surface area contributed by atoms with Crippen LogP contribution in [0.15, 0.2) is 35.7 Å². The number of benzene rings is 2. The molecule has 10 heteroatoms. The molecule has 0 heterocycles. The van der Waals surface area contributed by atoms with Crippen LogP contribution in [0.5, 0.6) is 34.5 Å². The van der Waals surface area contributed by atoms with Crippen LogP contribution < -0.4 is 18.9 Å². The van der Waals surface area contributed by atoms with Crippen LogP contribution in [-0.2, 0) is 14.6 Å². The first-order chi connectivity index (χ1) is 15.1. The fourth-order valence-corrected chi connectivity index (χ4v) is 3.75. The van der Waals surface area contributed by atoms with Crippen molar-refractivity contribution in [1.29, 1.82) is 0 Å². The quantitative estimate of drug-likeness (QED) is 0.510. The van der Waals surface area contributed by atoms with Gasteiger partial charge in [-0.2, -0.15) is 0 Å². The van der Waals surface area contributed by atoms with Gasteiger partial charge in [-0.1, -0.05) is 0 Å². The molecule has 0 amide bonds. The minimum atomic E-state index is -3.94. The van der Waals surface area contributed by atoms with Gasteiger partial charge in [0.05, 0.1) is 39.6 Å². The Morgan fingerprint density at radius 3 is 1.53 bits per heavy atom. The van der Waals surface area contributed by atoms with Crippen molar-refractivity contribution >= 4 is 27.8 Å². The predicted octanol–water partition coefficient (Wildman–Crippen LogP) is 2.80. The third kappa shape index (κ3) is 6.17. The van der Waals surface area contributed by atoms with Gasteiger partial charge in [-0.05, 0) is 18.2 Å². The summed E-state index contributed by atoms with van der Waals surface area (Å²) in [6, 6.07) is 5.29. The van der Waals surface area contributed by atoms with E-state index in [1.165, 1.54) is 64.9 Å². The molecule has 2 aromatic rings. The number of hydrogen-bond donors (Lipinski definition) is 2. The Bertz CT molecular complexity index is 1100. The zero-order valence-corrected chi connectivity index (χ0v) is 18.8. The maximum absolute atomic E-state index is 12.4. The van der Waals surface area contributed by atoms with Gasteiger partial charge in [0.2, 0.25) is 0 Å². The zero-order chi connectivity index (χ0) is 23.9. The van der Waals surface area contributed by atoms with Gasteiger partial charge in [-0.15, -0.1) is 0 Å². The second kappa shape index (κ2) is 10.6. The average Bonchev–Trinajstić information content (AvgIpc) is 2.75. The number of rotatable bonds is 10. The topological polar surface area (TPSA) is 129 Å². The van der Waals surface area contributed by atoms with Gasteiger partial charge in [0.25, 0.3) is 0 Å². The number of phenolic OH excluding ortho intramolecular Hbond substituents is 2. The number of phenols is 2. The van der Waals surface area contributed by atoms with E-state index < -0.39 is 21.4 Å². The summed E-state index contributed by atoms with van der Waals surface area (Å²) in [5, 5.41) is 20.2. The summed E-state index contributed by atoms with van der Waals surface area (Å²) >= 11 is 0. The van der Waals surface area contributed by atoms with E-state index >= 15 is 0 Å². The maximum Gasteiger partial charge on any atom is 0.179 e. The number of sulfone groups is 1. The Labute approximate surface area is 186 Å². The lowest BCUT2D eigenvalue weighted by Crippen LogP contribution is -2.11. The van der Waals surface area contributed by atoms with E-state index in [-0.39, 0.29) is 40.1 Å². The smallest absolute Gasteiger partial charge is 0.179 e. The standard InChI is InChI=1S/C22H24O9S/c1-28-19-9-15(24)10-20(29-2)17(19)6-5-14(23)13-32(26,27)8-7-18-21(30-3)11-16(25)12-22(18)31-4/h5-12,24-25H,13H2,1-4H3/b6-5?,8-7-. The van der Waals surface area contributed by atoms with Crippen LogP contribution in [0.25, 0.3) is 12.2 Å². The molecule has 2 N–H and O–H groups in total. The highest BCUT2D eigenvalue weighted by Gasteiger charge is 2.16. The molecule has 0 aliphatic heterocycles. The number of ether oxygens (including phenoxy) is 4. The van der Waals surface area contributed by atoms with Crippen LogP contribution in [0.3, 0.4) is 0 Å². The minimum absolute atomic E-state index is 0.0880. The number of aromatic hydroxyl groups is 2. The van der Waals surface area contributed by atoms with E-state index in [0.29, 0.717) is 5.56 Å². The molecular weight excluding hydrogens is 440 g/mol. The highest BCUT2D eigenvalue weighted by molar-refractivity contribution is 7.95. The van der Waals surface area contributed by atoms with Gasteiger partial charge >= 0.3 is 0 Å². The minimum Gasteiger partial charge on any atom is -0.508 e. The highest BCUT2D eigenvalue weighted by atomic mass is 32.2. The summed E-state index contributed by atoms with van der Waals surface area (Å²) in [7, 11) is 1.55. The normalized spacial score (nSPS) is 11.6. The van der Waals surface area contributed by atoms with E-state index in [1.54, 1.807) is 0 Å². The molecule has 0 unspecified atom stereocenters. The van der Waals surface area contributed by atoms with Crippen LogP contribution in [0.1, 0.15) is 11.1 Å². The summed E-state index contributed by atoms with van der Waals surface area (Å²) in [5.74, 6) is -0.770. The van der Waals surface area contributed by atoms with Crippen molar-refractivity contribution in [2.45, 2.75) is 0 Å². The van der Waals surface area contributed by atoms with E-state index in [0.717, 1.165) is 11.5 Å². The van der Waals surface area contributed by atoms with Crippen molar-refractivity contribution in [1.82, 2.24) is 0 Å². The predicted molar refractivity (Wildman–Crippen MR) is 119 cm³/mol. The first kappa shape index (κ1) is 24.6. The number of hydrogen-bond acceptors (Lipinski definition) is 9. The first-order valence-electron chi connectivity index (χ1n) is 9.15. The Balaban J connectivity index is 2.25. The second-order valence-electron chi connectivity index (χ2n) is 6.44. The van der Waals surface area contributed by atoms with Crippen LogP contribution in [0, 0.1) is 0 Å². The number of methoxy groups -OCH3 is 4. The van der Waals surface area contributed by atoms with Gasteiger partial charge in [0.1, 0.15) is 40.2 Å². The van der Waals surface area contributed by atoms with Gasteiger partial charge in [0.15, 0.2) is 15.6 Å². The number of allylic oxidation sites excluding steroid dienone is 1. The fraction of sp³-hybridized carbons (Fsp3) is 0.227. The lowest BCUT2D eigenvalue weighted by molar-refractivity contribution is -0.112. The summed E-state index contributed by atoms with van der Waals surface area (Å²) in [5.41, 5.74) is 0.658. The first-order valence-corrected chi connectivity index (χ1v) is 10.9. The molecule has 0 aliphatic rings. The molecule has 0 saturated carbocycles. The Kier molecular flexibility index (Phi) is 8.14. The molecule has 0 bridgehead atoms. The zero-order valence-electron chi connectivity index (χ0n) is 18.0. The molecule has 0 aromatic heterocycles. The largest absolute Gasteiger partial charge is 0.508 e. The molecule has 0 aliphatic carbocycles. The summed E-state index contributed by atoms with van der Waals surface area (Å²) in [4.78, 5) is 12.3. The van der Waals surface area contributed by atoms with Crippen molar-refractivity contribution in [3.63, 3.8) is 0 Å². The van der Waals surface area contributed by atoms with E-state index in [2.05, 4.69) is 0 Å². The molecule has 0 saturated heterocycles. The Hall–Kier alpha value is -3.66. The number of carbonyl (C=O) groups is 1. The third-order valence-corrected chi connectivity index (χ3v) is 5.52. The van der Waals surface area contributed by atoms with Gasteiger partial charge in [0, 0.05) is 29.7 Å². The van der Waals surface area contributed by atoms with Gasteiger partial charge in [-0.3, -0.25) is 4.79 Å². The SMILES string of the molecule is COc1cc(O)cc(OC)c1C=CC(=O)CS(=O)(=O)/C=C\c1c(OC)cc(O)cc1OC. The lowest BCUT2D eigenvalue weighted by atomic mass is 10.1. The van der Waals surface area contributed by atoms with Crippen molar-refractivity contribution in [2.24, 2.45) is 0 Å². The second-order valence-corrected chi connectivity index (χ2v) is 8.32.